The zero-order valence-electron chi connectivity index (χ0n) is 11.4. The summed E-state index contributed by atoms with van der Waals surface area (Å²) < 4.78 is 6.35. The first-order valence-electron chi connectivity index (χ1n) is 6.12. The van der Waals surface area contributed by atoms with E-state index in [1.807, 2.05) is 6.92 Å². The third-order valence-electron chi connectivity index (χ3n) is 2.85. The van der Waals surface area contributed by atoms with E-state index in [0.29, 0.717) is 11.3 Å². The summed E-state index contributed by atoms with van der Waals surface area (Å²) in [5.41, 5.74) is 1.05. The van der Waals surface area contributed by atoms with E-state index in [9.17, 15) is 14.9 Å². The van der Waals surface area contributed by atoms with Gasteiger partial charge in [-0.25, -0.2) is 0 Å². The molecule has 21 heavy (non-hydrogen) atoms. The van der Waals surface area contributed by atoms with Crippen molar-refractivity contribution in [3.05, 3.63) is 62.1 Å². The van der Waals surface area contributed by atoms with Crippen molar-refractivity contribution in [3.63, 3.8) is 0 Å². The molecule has 0 aliphatic rings. The van der Waals surface area contributed by atoms with E-state index < -0.39 is 4.92 Å². The van der Waals surface area contributed by atoms with Gasteiger partial charge < -0.3 is 4.74 Å². The van der Waals surface area contributed by atoms with Crippen molar-refractivity contribution in [2.24, 2.45) is 0 Å². The minimum atomic E-state index is -0.513. The van der Waals surface area contributed by atoms with Gasteiger partial charge in [0, 0.05) is 10.5 Å². The Labute approximate surface area is 129 Å². The molecule has 0 amide bonds. The normalized spacial score (nSPS) is 10.2. The zero-order chi connectivity index (χ0) is 15.6. The van der Waals surface area contributed by atoms with E-state index in [2.05, 4.69) is 15.9 Å². The molecule has 0 saturated heterocycles. The van der Waals surface area contributed by atoms with Crippen LogP contribution in [-0.2, 0) is 0 Å². The molecule has 2 aromatic carbocycles. The molecule has 0 spiro atoms. The van der Waals surface area contributed by atoms with Crippen molar-refractivity contribution >= 4 is 27.4 Å². The van der Waals surface area contributed by atoms with Crippen LogP contribution in [0.2, 0.25) is 0 Å². The van der Waals surface area contributed by atoms with Crippen LogP contribution in [0.15, 0.2) is 40.9 Å². The van der Waals surface area contributed by atoms with E-state index in [-0.39, 0.29) is 17.2 Å². The Morgan fingerprint density at radius 2 is 1.90 bits per heavy atom. The van der Waals surface area contributed by atoms with Gasteiger partial charge in [-0.3, -0.25) is 14.9 Å². The molecular formula is C15H12BrNO4. The number of ketones is 1. The van der Waals surface area contributed by atoms with Gasteiger partial charge in [0.05, 0.1) is 10.5 Å². The van der Waals surface area contributed by atoms with Gasteiger partial charge in [-0.1, -0.05) is 22.0 Å². The third kappa shape index (κ3) is 3.46. The lowest BCUT2D eigenvalue weighted by Crippen LogP contribution is -1.99. The topological polar surface area (TPSA) is 69.4 Å². The monoisotopic (exact) mass is 349 g/mol. The molecular weight excluding hydrogens is 338 g/mol. The highest BCUT2D eigenvalue weighted by Gasteiger charge is 2.18. The maximum Gasteiger partial charge on any atom is 0.311 e. The molecule has 0 saturated carbocycles. The second-order valence-corrected chi connectivity index (χ2v) is 5.44. The molecule has 0 heterocycles. The number of Topliss-reactive ketones (excluding diaryl/α,β-unsaturated/α-hetero) is 1. The molecule has 0 radical (unpaired) electrons. The van der Waals surface area contributed by atoms with Gasteiger partial charge in [0.2, 0.25) is 5.75 Å². The summed E-state index contributed by atoms with van der Waals surface area (Å²) in [5.74, 6) is 0.228. The number of benzene rings is 2. The Morgan fingerprint density at radius 3 is 2.52 bits per heavy atom. The van der Waals surface area contributed by atoms with Crippen LogP contribution < -0.4 is 4.74 Å². The van der Waals surface area contributed by atoms with Crippen molar-refractivity contribution in [1.82, 2.24) is 0 Å². The zero-order valence-corrected chi connectivity index (χ0v) is 13.0. The molecule has 0 aromatic heterocycles. The van der Waals surface area contributed by atoms with Crippen LogP contribution in [0.5, 0.6) is 11.5 Å². The van der Waals surface area contributed by atoms with Crippen LogP contribution in [0.25, 0.3) is 0 Å². The number of halogens is 1. The Hall–Kier alpha value is -2.21. The highest BCUT2D eigenvalue weighted by atomic mass is 79.9. The standard InChI is InChI=1S/C15H12BrNO4/c1-9-3-5-13(17(19)20)15(7-9)21-14-6-4-11(16)8-12(14)10(2)18/h3-8H,1-2H3. The second-order valence-electron chi connectivity index (χ2n) is 4.53. The first-order chi connectivity index (χ1) is 9.88. The maximum absolute atomic E-state index is 11.7. The average Bonchev–Trinajstić information content (AvgIpc) is 2.40. The van der Waals surface area contributed by atoms with Gasteiger partial charge in [-0.2, -0.15) is 0 Å². The Balaban J connectivity index is 2.50. The Bertz CT molecular complexity index is 728. The fourth-order valence-electron chi connectivity index (χ4n) is 1.84. The molecule has 0 unspecified atom stereocenters. The first-order valence-corrected chi connectivity index (χ1v) is 6.91. The molecule has 0 bridgehead atoms. The van der Waals surface area contributed by atoms with Crippen LogP contribution in [-0.4, -0.2) is 10.7 Å². The third-order valence-corrected chi connectivity index (χ3v) is 3.35. The molecule has 6 heteroatoms. The summed E-state index contributed by atoms with van der Waals surface area (Å²) in [6.07, 6.45) is 0. The predicted octanol–water partition coefficient (Wildman–Crippen LogP) is 4.66. The van der Waals surface area contributed by atoms with Crippen molar-refractivity contribution in [2.45, 2.75) is 13.8 Å². The summed E-state index contributed by atoms with van der Waals surface area (Å²) in [7, 11) is 0. The molecule has 0 N–H and O–H groups in total. The van der Waals surface area contributed by atoms with Gasteiger partial charge in [0.25, 0.3) is 0 Å². The van der Waals surface area contributed by atoms with Crippen LogP contribution in [0.4, 0.5) is 5.69 Å². The van der Waals surface area contributed by atoms with Gasteiger partial charge in [0.15, 0.2) is 5.78 Å². The van der Waals surface area contributed by atoms with Gasteiger partial charge in [-0.05, 0) is 43.7 Å². The predicted molar refractivity (Wildman–Crippen MR) is 82.1 cm³/mol. The summed E-state index contributed by atoms with van der Waals surface area (Å²) >= 11 is 3.28. The molecule has 108 valence electrons. The molecule has 0 fully saturated rings. The Morgan fingerprint density at radius 1 is 1.19 bits per heavy atom. The van der Waals surface area contributed by atoms with Crippen molar-refractivity contribution in [1.29, 1.82) is 0 Å². The lowest BCUT2D eigenvalue weighted by molar-refractivity contribution is -0.385. The summed E-state index contributed by atoms with van der Waals surface area (Å²) in [6.45, 7) is 3.23. The fourth-order valence-corrected chi connectivity index (χ4v) is 2.20. The molecule has 0 aliphatic heterocycles. The van der Waals surface area contributed by atoms with Crippen molar-refractivity contribution in [3.8, 4) is 11.5 Å². The van der Waals surface area contributed by atoms with E-state index >= 15 is 0 Å². The number of aryl methyl sites for hydroxylation is 1. The molecule has 5 nitrogen and oxygen atoms in total. The van der Waals surface area contributed by atoms with E-state index in [0.717, 1.165) is 10.0 Å². The average molecular weight is 350 g/mol. The SMILES string of the molecule is CC(=O)c1cc(Br)ccc1Oc1cc(C)ccc1[N+](=O)[O-]. The number of carbonyl (C=O) groups excluding carboxylic acids is 1. The smallest absolute Gasteiger partial charge is 0.311 e. The van der Waals surface area contributed by atoms with Gasteiger partial charge in [0.1, 0.15) is 5.75 Å². The van der Waals surface area contributed by atoms with Gasteiger partial charge in [-0.15, -0.1) is 0 Å². The number of ether oxygens (including phenoxy) is 1. The first kappa shape index (κ1) is 15.2. The van der Waals surface area contributed by atoms with Crippen molar-refractivity contribution in [2.75, 3.05) is 0 Å². The fraction of sp³-hybridized carbons (Fsp3) is 0.133. The van der Waals surface area contributed by atoms with E-state index in [1.165, 1.54) is 13.0 Å². The van der Waals surface area contributed by atoms with Crippen LogP contribution in [0.3, 0.4) is 0 Å². The molecule has 2 rings (SSSR count). The number of nitro groups is 1. The number of carbonyl (C=O) groups is 1. The summed E-state index contributed by atoms with van der Waals surface area (Å²) in [4.78, 5) is 22.2. The highest BCUT2D eigenvalue weighted by molar-refractivity contribution is 9.10. The number of hydrogen-bond acceptors (Lipinski definition) is 4. The van der Waals surface area contributed by atoms with E-state index in [4.69, 9.17) is 4.74 Å². The molecule has 0 aliphatic carbocycles. The quantitative estimate of drug-likeness (QED) is 0.457. The molecule has 0 atom stereocenters. The minimum absolute atomic E-state index is 0.116. The number of nitro benzene ring substituents is 1. The van der Waals surface area contributed by atoms with Crippen molar-refractivity contribution < 1.29 is 14.5 Å². The number of hydrogen-bond donors (Lipinski definition) is 0. The highest BCUT2D eigenvalue weighted by Crippen LogP contribution is 2.34. The Kier molecular flexibility index (Phi) is 4.37. The molecule has 2 aromatic rings. The van der Waals surface area contributed by atoms with Crippen LogP contribution in [0.1, 0.15) is 22.8 Å². The summed E-state index contributed by atoms with van der Waals surface area (Å²) in [5, 5.41) is 11.0. The summed E-state index contributed by atoms with van der Waals surface area (Å²) in [6, 6.07) is 9.54. The lowest BCUT2D eigenvalue weighted by Gasteiger charge is -2.10. The maximum atomic E-state index is 11.7. The number of nitrogens with zero attached hydrogens (tertiary/aromatic N) is 1. The minimum Gasteiger partial charge on any atom is -0.449 e. The van der Waals surface area contributed by atoms with E-state index in [1.54, 1.807) is 30.3 Å². The second kappa shape index (κ2) is 6.05. The van der Waals surface area contributed by atoms with Crippen LogP contribution >= 0.6 is 15.9 Å². The largest absolute Gasteiger partial charge is 0.449 e. The van der Waals surface area contributed by atoms with Gasteiger partial charge >= 0.3 is 5.69 Å². The lowest BCUT2D eigenvalue weighted by atomic mass is 10.1. The number of rotatable bonds is 4. The van der Waals surface area contributed by atoms with Crippen LogP contribution in [0, 0.1) is 17.0 Å².